The van der Waals surface area contributed by atoms with Crippen molar-refractivity contribution in [2.24, 2.45) is 5.92 Å². The summed E-state index contributed by atoms with van der Waals surface area (Å²) >= 11 is 3.36. The molecule has 0 bridgehead atoms. The van der Waals surface area contributed by atoms with Crippen LogP contribution in [0, 0.1) is 12.8 Å². The third-order valence-corrected chi connectivity index (χ3v) is 7.58. The highest BCUT2D eigenvalue weighted by molar-refractivity contribution is 8.06. The van der Waals surface area contributed by atoms with Gasteiger partial charge in [0.2, 0.25) is 5.92 Å². The Labute approximate surface area is 165 Å². The molecule has 0 aromatic carbocycles. The molecule has 3 heterocycles. The van der Waals surface area contributed by atoms with Crippen LogP contribution in [0.2, 0.25) is 0 Å². The summed E-state index contributed by atoms with van der Waals surface area (Å²) in [4.78, 5) is 5.58. The van der Waals surface area contributed by atoms with Gasteiger partial charge in [-0.3, -0.25) is 4.98 Å². The van der Waals surface area contributed by atoms with Crippen LogP contribution in [0.25, 0.3) is 4.91 Å². The second kappa shape index (κ2) is 6.57. The third kappa shape index (κ3) is 3.30. The minimum absolute atomic E-state index is 0.0348. The fourth-order valence-electron chi connectivity index (χ4n) is 4.06. The molecule has 0 atom stereocenters. The molecule has 0 unspecified atom stereocenters. The van der Waals surface area contributed by atoms with Crippen molar-refractivity contribution in [1.29, 1.82) is 0 Å². The average Bonchev–Trinajstić information content (AvgIpc) is 3.18. The molecule has 3 nitrogen and oxygen atoms in total. The molecule has 1 fully saturated rings. The number of aromatic nitrogens is 1. The Bertz CT molecular complexity index is 916. The van der Waals surface area contributed by atoms with Crippen molar-refractivity contribution < 1.29 is 13.5 Å². The number of fused-ring (bicyclic) bond motifs is 2. The Morgan fingerprint density at radius 1 is 1.33 bits per heavy atom. The van der Waals surface area contributed by atoms with E-state index in [0.29, 0.717) is 0 Å². The van der Waals surface area contributed by atoms with Crippen molar-refractivity contribution in [2.45, 2.75) is 38.5 Å². The summed E-state index contributed by atoms with van der Waals surface area (Å²) in [5, 5.41) is 3.10. The second-order valence-corrected chi connectivity index (χ2v) is 9.54. The highest BCUT2D eigenvalue weighted by Gasteiger charge is 2.46. The van der Waals surface area contributed by atoms with E-state index in [-0.39, 0.29) is 18.8 Å². The Balaban J connectivity index is 1.35. The molecule has 1 saturated carbocycles. The van der Waals surface area contributed by atoms with E-state index in [2.05, 4.69) is 14.7 Å². The number of thiophene rings is 1. The monoisotopic (exact) mass is 406 g/mol. The van der Waals surface area contributed by atoms with E-state index in [1.54, 1.807) is 29.5 Å². The Morgan fingerprint density at radius 3 is 2.96 bits per heavy atom. The molecule has 142 valence electrons. The number of hydrogen-bond acceptors (Lipinski definition) is 5. The zero-order valence-electron chi connectivity index (χ0n) is 15.0. The molecule has 2 aromatic heterocycles. The summed E-state index contributed by atoms with van der Waals surface area (Å²) in [5.74, 6) is -1.54. The summed E-state index contributed by atoms with van der Waals surface area (Å²) in [5.41, 5.74) is 4.83. The number of nitrogens with zero attached hydrogens (tertiary/aromatic N) is 2. The molecule has 0 N–H and O–H groups in total. The molecule has 7 heteroatoms. The van der Waals surface area contributed by atoms with Gasteiger partial charge in [-0.2, -0.15) is 0 Å². The molecule has 0 radical (unpaired) electrons. The van der Waals surface area contributed by atoms with Gasteiger partial charge in [-0.1, -0.05) is 0 Å². The number of halogens is 2. The Kier molecular flexibility index (Phi) is 4.29. The van der Waals surface area contributed by atoms with Crippen molar-refractivity contribution >= 4 is 28.2 Å². The lowest BCUT2D eigenvalue weighted by Crippen LogP contribution is -2.40. The van der Waals surface area contributed by atoms with Gasteiger partial charge in [0, 0.05) is 42.6 Å². The molecular formula is C20H20F2N2OS2. The van der Waals surface area contributed by atoms with Gasteiger partial charge in [0.25, 0.3) is 0 Å². The first kappa shape index (κ1) is 17.6. The number of rotatable bonds is 4. The fourth-order valence-corrected chi connectivity index (χ4v) is 6.48. The average molecular weight is 407 g/mol. The van der Waals surface area contributed by atoms with E-state index in [0.717, 1.165) is 42.4 Å². The van der Waals surface area contributed by atoms with Gasteiger partial charge in [0.05, 0.1) is 5.69 Å². The number of ether oxygens (including phenoxy) is 1. The Hall–Kier alpha value is -1.44. The first-order chi connectivity index (χ1) is 13.0. The van der Waals surface area contributed by atoms with Gasteiger partial charge >= 0.3 is 0 Å². The summed E-state index contributed by atoms with van der Waals surface area (Å²) in [6, 6.07) is 3.82. The molecule has 2 aromatic rings. The third-order valence-electron chi connectivity index (χ3n) is 5.46. The smallest absolute Gasteiger partial charge is 0.248 e. The van der Waals surface area contributed by atoms with Gasteiger partial charge in [-0.05, 0) is 66.3 Å². The van der Waals surface area contributed by atoms with Gasteiger partial charge < -0.3 is 4.74 Å². The summed E-state index contributed by atoms with van der Waals surface area (Å²) in [6.45, 7) is 3.56. The number of aryl methyl sites for hydroxylation is 2. The SMILES string of the molecule is Cc1ncccc1Oc1scc2c1C1=C(CC2)CN(CC2CC(F)(F)C2)S1. The van der Waals surface area contributed by atoms with E-state index >= 15 is 0 Å². The van der Waals surface area contributed by atoms with Crippen LogP contribution in [0.1, 0.15) is 36.1 Å². The lowest BCUT2D eigenvalue weighted by molar-refractivity contribution is -0.112. The number of alkyl halides is 2. The van der Waals surface area contributed by atoms with Crippen LogP contribution in [-0.2, 0) is 6.42 Å². The fraction of sp³-hybridized carbons (Fsp3) is 0.450. The van der Waals surface area contributed by atoms with E-state index in [1.165, 1.54) is 21.6 Å². The first-order valence-corrected chi connectivity index (χ1v) is 10.9. The first-order valence-electron chi connectivity index (χ1n) is 9.21. The molecule has 0 spiro atoms. The van der Waals surface area contributed by atoms with Crippen molar-refractivity contribution in [3.63, 3.8) is 0 Å². The topological polar surface area (TPSA) is 25.4 Å². The molecule has 5 rings (SSSR count). The van der Waals surface area contributed by atoms with E-state index in [1.807, 2.05) is 19.1 Å². The van der Waals surface area contributed by atoms with Gasteiger partial charge in [0.15, 0.2) is 5.06 Å². The highest BCUT2D eigenvalue weighted by atomic mass is 32.2. The van der Waals surface area contributed by atoms with Crippen LogP contribution in [0.3, 0.4) is 0 Å². The van der Waals surface area contributed by atoms with Crippen molar-refractivity contribution in [3.05, 3.63) is 46.1 Å². The molecule has 0 amide bonds. The van der Waals surface area contributed by atoms with Crippen molar-refractivity contribution in [3.8, 4) is 10.8 Å². The predicted octanol–water partition coefficient (Wildman–Crippen LogP) is 5.91. The normalized spacial score (nSPS) is 21.7. The van der Waals surface area contributed by atoms with E-state index in [9.17, 15) is 8.78 Å². The summed E-state index contributed by atoms with van der Waals surface area (Å²) in [7, 11) is 0. The maximum Gasteiger partial charge on any atom is 0.248 e. The quantitative estimate of drug-likeness (QED) is 0.590. The van der Waals surface area contributed by atoms with Crippen molar-refractivity contribution in [2.75, 3.05) is 13.1 Å². The molecule has 1 aliphatic heterocycles. The van der Waals surface area contributed by atoms with E-state index in [4.69, 9.17) is 4.74 Å². The lowest BCUT2D eigenvalue weighted by atomic mass is 9.81. The van der Waals surface area contributed by atoms with Crippen LogP contribution in [0.15, 0.2) is 29.3 Å². The second-order valence-electron chi connectivity index (χ2n) is 7.59. The van der Waals surface area contributed by atoms with Crippen LogP contribution in [0.5, 0.6) is 10.8 Å². The Morgan fingerprint density at radius 2 is 2.19 bits per heavy atom. The molecular weight excluding hydrogens is 386 g/mol. The maximum atomic E-state index is 13.1. The van der Waals surface area contributed by atoms with Crippen molar-refractivity contribution in [1.82, 2.24) is 9.29 Å². The van der Waals surface area contributed by atoms with Crippen LogP contribution >= 0.6 is 23.3 Å². The van der Waals surface area contributed by atoms with Crippen LogP contribution < -0.4 is 4.74 Å². The predicted molar refractivity (Wildman–Crippen MR) is 105 cm³/mol. The minimum atomic E-state index is -2.44. The number of pyridine rings is 1. The highest BCUT2D eigenvalue weighted by Crippen LogP contribution is 2.53. The van der Waals surface area contributed by atoms with Crippen LogP contribution in [0.4, 0.5) is 8.78 Å². The maximum absolute atomic E-state index is 13.1. The zero-order chi connectivity index (χ0) is 18.6. The molecule has 0 saturated heterocycles. The van der Waals surface area contributed by atoms with Gasteiger partial charge in [-0.15, -0.1) is 11.3 Å². The standard InChI is InChI=1S/C20H20F2N2OS2/c1-12-16(3-2-6-23-12)25-19-17-15(11-26-19)5-4-14-10-24(27-18(14)17)9-13-7-20(21,22)8-13/h2-3,6,11,13H,4-5,7-10H2,1H3. The molecule has 3 aliphatic rings. The largest absolute Gasteiger partial charge is 0.444 e. The zero-order valence-corrected chi connectivity index (χ0v) is 16.6. The summed E-state index contributed by atoms with van der Waals surface area (Å²) in [6.07, 6.45) is 3.91. The molecule has 2 aliphatic carbocycles. The van der Waals surface area contributed by atoms with Gasteiger partial charge in [0.1, 0.15) is 5.75 Å². The van der Waals surface area contributed by atoms with E-state index < -0.39 is 5.92 Å². The minimum Gasteiger partial charge on any atom is -0.444 e. The molecule has 27 heavy (non-hydrogen) atoms. The van der Waals surface area contributed by atoms with Crippen LogP contribution in [-0.4, -0.2) is 28.3 Å². The number of hydrogen-bond donors (Lipinski definition) is 0. The summed E-state index contributed by atoms with van der Waals surface area (Å²) < 4.78 is 34.8. The lowest BCUT2D eigenvalue weighted by Gasteiger charge is -2.36. The van der Waals surface area contributed by atoms with Gasteiger partial charge in [-0.25, -0.2) is 13.1 Å².